The molecule has 6 rings (SSSR count). The van der Waals surface area contributed by atoms with Crippen molar-refractivity contribution in [1.82, 2.24) is 20.3 Å². The molecule has 7 heteroatoms. The van der Waals surface area contributed by atoms with Crippen LogP contribution in [0.4, 0.5) is 5.82 Å². The first-order valence-corrected chi connectivity index (χ1v) is 11.7. The van der Waals surface area contributed by atoms with Crippen molar-refractivity contribution in [3.05, 3.63) is 77.1 Å². The molecule has 0 unspecified atom stereocenters. The van der Waals surface area contributed by atoms with E-state index in [1.165, 1.54) is 0 Å². The predicted octanol–water partition coefficient (Wildman–Crippen LogP) is 4.90. The van der Waals surface area contributed by atoms with E-state index >= 15 is 0 Å². The van der Waals surface area contributed by atoms with Gasteiger partial charge < -0.3 is 20.4 Å². The van der Waals surface area contributed by atoms with Crippen LogP contribution in [0.5, 0.6) is 0 Å². The summed E-state index contributed by atoms with van der Waals surface area (Å²) in [5.74, 6) is 0.737. The fourth-order valence-electron chi connectivity index (χ4n) is 4.48. The van der Waals surface area contributed by atoms with Gasteiger partial charge in [-0.15, -0.1) is 0 Å². The summed E-state index contributed by atoms with van der Waals surface area (Å²) < 4.78 is 5.91. The lowest BCUT2D eigenvalue weighted by Crippen LogP contribution is -2.23. The van der Waals surface area contributed by atoms with Crippen LogP contribution >= 0.6 is 0 Å². The molecule has 3 N–H and O–H groups in total. The summed E-state index contributed by atoms with van der Waals surface area (Å²) in [5.41, 5.74) is 7.06. The van der Waals surface area contributed by atoms with Crippen molar-refractivity contribution < 1.29 is 9.53 Å². The van der Waals surface area contributed by atoms with Crippen LogP contribution in [0.2, 0.25) is 0 Å². The first-order chi connectivity index (χ1) is 16.5. The minimum Gasteiger partial charge on any atom is -0.374 e. The third-order valence-corrected chi connectivity index (χ3v) is 6.72. The van der Waals surface area contributed by atoms with Gasteiger partial charge in [-0.25, -0.2) is 9.97 Å². The lowest BCUT2D eigenvalue weighted by Gasteiger charge is -2.16. The zero-order valence-corrected chi connectivity index (χ0v) is 19.3. The monoisotopic (exact) mass is 453 g/mol. The standard InChI is InChI=1S/C27H27N5O2/c1-16-25(32-27(2)11-12-27)31-23-18(9-6-10-20(23)28-16)21-13-19-24(29-21)22(30-26(19)33)15-34-14-17-7-4-3-5-8-17/h3-10,13,22,29H,11-12,14-15H2,1-2H3,(H,30,33)(H,31,32)/t22-/m1/s1. The van der Waals surface area contributed by atoms with Crippen LogP contribution in [0.1, 0.15) is 53.1 Å². The molecule has 0 bridgehead atoms. The SMILES string of the molecule is Cc1nc2cccc(-c3cc4c([nH]3)[C@@H](COCc3ccccc3)NC4=O)c2nc1NC1(C)CC1. The van der Waals surface area contributed by atoms with Crippen LogP contribution < -0.4 is 10.6 Å². The number of rotatable bonds is 7. The summed E-state index contributed by atoms with van der Waals surface area (Å²) >= 11 is 0. The Morgan fingerprint density at radius 3 is 2.71 bits per heavy atom. The average molecular weight is 454 g/mol. The Morgan fingerprint density at radius 2 is 1.91 bits per heavy atom. The van der Waals surface area contributed by atoms with E-state index in [0.717, 1.165) is 57.9 Å². The van der Waals surface area contributed by atoms with E-state index in [-0.39, 0.29) is 17.5 Å². The largest absolute Gasteiger partial charge is 0.374 e. The lowest BCUT2D eigenvalue weighted by atomic mass is 10.1. The number of H-pyrrole nitrogens is 1. The van der Waals surface area contributed by atoms with Crippen LogP contribution in [0, 0.1) is 6.92 Å². The molecule has 1 aliphatic carbocycles. The minimum atomic E-state index is -0.213. The second-order valence-corrected chi connectivity index (χ2v) is 9.55. The molecule has 0 spiro atoms. The number of hydrogen-bond donors (Lipinski definition) is 3. The molecule has 2 aromatic carbocycles. The van der Waals surface area contributed by atoms with Crippen molar-refractivity contribution in [2.45, 2.75) is 44.9 Å². The van der Waals surface area contributed by atoms with Crippen LogP contribution in [-0.2, 0) is 11.3 Å². The van der Waals surface area contributed by atoms with Crippen molar-refractivity contribution in [2.24, 2.45) is 0 Å². The first kappa shape index (κ1) is 20.9. The van der Waals surface area contributed by atoms with Gasteiger partial charge in [-0.1, -0.05) is 42.5 Å². The molecule has 1 saturated carbocycles. The smallest absolute Gasteiger partial charge is 0.253 e. The Hall–Kier alpha value is -3.71. The predicted molar refractivity (Wildman–Crippen MR) is 132 cm³/mol. The van der Waals surface area contributed by atoms with Crippen LogP contribution in [-0.4, -0.2) is 33.0 Å². The molecule has 1 atom stereocenters. The van der Waals surface area contributed by atoms with E-state index < -0.39 is 0 Å². The molecule has 34 heavy (non-hydrogen) atoms. The molecule has 0 saturated heterocycles. The van der Waals surface area contributed by atoms with Gasteiger partial charge in [0.05, 0.1) is 41.7 Å². The number of anilines is 1. The van der Waals surface area contributed by atoms with Gasteiger partial charge in [0.25, 0.3) is 5.91 Å². The van der Waals surface area contributed by atoms with Gasteiger partial charge in [-0.2, -0.15) is 0 Å². The number of amides is 1. The quantitative estimate of drug-likeness (QED) is 0.370. The minimum absolute atomic E-state index is 0.0861. The molecule has 7 nitrogen and oxygen atoms in total. The number of hydrogen-bond acceptors (Lipinski definition) is 5. The molecule has 1 amide bonds. The fraction of sp³-hybridized carbons (Fsp3) is 0.296. The Labute approximate surface area is 198 Å². The van der Waals surface area contributed by atoms with Crippen molar-refractivity contribution in [1.29, 1.82) is 0 Å². The number of nitrogens with zero attached hydrogens (tertiary/aromatic N) is 2. The van der Waals surface area contributed by atoms with E-state index in [9.17, 15) is 4.79 Å². The number of carbonyl (C=O) groups excluding carboxylic acids is 1. The molecule has 0 radical (unpaired) electrons. The highest BCUT2D eigenvalue weighted by Gasteiger charge is 2.38. The molecule has 2 aliphatic rings. The number of aryl methyl sites for hydroxylation is 1. The number of carbonyl (C=O) groups is 1. The summed E-state index contributed by atoms with van der Waals surface area (Å²) in [6, 6.07) is 17.7. The molecule has 1 aliphatic heterocycles. The molecule has 2 aromatic heterocycles. The van der Waals surface area contributed by atoms with Gasteiger partial charge in [0.15, 0.2) is 0 Å². The highest BCUT2D eigenvalue weighted by molar-refractivity contribution is 6.01. The van der Waals surface area contributed by atoms with Crippen molar-refractivity contribution >= 4 is 22.8 Å². The number of benzene rings is 2. The third kappa shape index (κ3) is 3.82. The third-order valence-electron chi connectivity index (χ3n) is 6.72. The van der Waals surface area contributed by atoms with Crippen LogP contribution in [0.3, 0.4) is 0 Å². The maximum atomic E-state index is 12.7. The summed E-state index contributed by atoms with van der Waals surface area (Å²) in [5, 5.41) is 6.57. The van der Waals surface area contributed by atoms with Gasteiger partial charge in [0.1, 0.15) is 11.3 Å². The number of aromatic nitrogens is 3. The normalized spacial score (nSPS) is 18.1. The second-order valence-electron chi connectivity index (χ2n) is 9.55. The number of ether oxygens (including phenoxy) is 1. The van der Waals surface area contributed by atoms with Gasteiger partial charge in [-0.05, 0) is 44.4 Å². The average Bonchev–Trinajstić information content (AvgIpc) is 3.27. The summed E-state index contributed by atoms with van der Waals surface area (Å²) in [4.78, 5) is 25.9. The van der Waals surface area contributed by atoms with Crippen molar-refractivity contribution in [2.75, 3.05) is 11.9 Å². The van der Waals surface area contributed by atoms with Gasteiger partial charge in [0, 0.05) is 16.8 Å². The van der Waals surface area contributed by atoms with Crippen LogP contribution in [0.25, 0.3) is 22.3 Å². The maximum absolute atomic E-state index is 12.7. The Morgan fingerprint density at radius 1 is 1.09 bits per heavy atom. The fourth-order valence-corrected chi connectivity index (χ4v) is 4.48. The zero-order chi connectivity index (χ0) is 23.3. The summed E-state index contributed by atoms with van der Waals surface area (Å²) in [7, 11) is 0. The highest BCUT2D eigenvalue weighted by Crippen LogP contribution is 2.39. The summed E-state index contributed by atoms with van der Waals surface area (Å²) in [6.07, 6.45) is 2.28. The summed E-state index contributed by atoms with van der Waals surface area (Å²) in [6.45, 7) is 5.09. The topological polar surface area (TPSA) is 91.9 Å². The van der Waals surface area contributed by atoms with E-state index in [1.54, 1.807) is 0 Å². The second kappa shape index (κ2) is 7.95. The molecule has 4 aromatic rings. The lowest BCUT2D eigenvalue weighted by molar-refractivity contribution is 0.0840. The number of nitrogens with one attached hydrogen (secondary N) is 3. The van der Waals surface area contributed by atoms with E-state index in [4.69, 9.17) is 14.7 Å². The van der Waals surface area contributed by atoms with E-state index in [0.29, 0.717) is 18.8 Å². The van der Waals surface area contributed by atoms with Gasteiger partial charge >= 0.3 is 0 Å². The van der Waals surface area contributed by atoms with E-state index in [2.05, 4.69) is 22.5 Å². The van der Waals surface area contributed by atoms with Gasteiger partial charge in [-0.3, -0.25) is 4.79 Å². The zero-order valence-electron chi connectivity index (χ0n) is 19.3. The Bertz CT molecular complexity index is 1390. The molecule has 3 heterocycles. The van der Waals surface area contributed by atoms with Crippen molar-refractivity contribution in [3.63, 3.8) is 0 Å². The molecule has 172 valence electrons. The number of fused-ring (bicyclic) bond motifs is 2. The number of aromatic amines is 1. The maximum Gasteiger partial charge on any atom is 0.253 e. The molecular weight excluding hydrogens is 426 g/mol. The van der Waals surface area contributed by atoms with Crippen LogP contribution in [0.15, 0.2) is 54.6 Å². The molecule has 1 fully saturated rings. The molecular formula is C27H27N5O2. The van der Waals surface area contributed by atoms with Crippen molar-refractivity contribution in [3.8, 4) is 11.3 Å². The van der Waals surface area contributed by atoms with E-state index in [1.807, 2.05) is 61.5 Å². The first-order valence-electron chi connectivity index (χ1n) is 11.7. The Kier molecular flexibility index (Phi) is 4.88. The van der Waals surface area contributed by atoms with Gasteiger partial charge in [0.2, 0.25) is 0 Å². The highest BCUT2D eigenvalue weighted by atomic mass is 16.5. The Balaban J connectivity index is 1.29. The number of para-hydroxylation sites is 1.